The molecule has 1 rings (SSSR count). The van der Waals surface area contributed by atoms with E-state index in [-0.39, 0.29) is 11.7 Å². The van der Waals surface area contributed by atoms with Gasteiger partial charge in [0.05, 0.1) is 12.1 Å². The third-order valence-corrected chi connectivity index (χ3v) is 3.09. The zero-order chi connectivity index (χ0) is 13.7. The summed E-state index contributed by atoms with van der Waals surface area (Å²) in [5, 5.41) is 3.14. The maximum atomic E-state index is 14.1. The van der Waals surface area contributed by atoms with Crippen LogP contribution >= 0.6 is 0 Å². The van der Waals surface area contributed by atoms with Crippen LogP contribution in [0, 0.1) is 18.6 Å². The maximum Gasteiger partial charge on any atom is 0.133 e. The van der Waals surface area contributed by atoms with Crippen molar-refractivity contribution < 1.29 is 13.5 Å². The fourth-order valence-electron chi connectivity index (χ4n) is 1.90. The molecule has 0 aromatic heterocycles. The lowest BCUT2D eigenvalue weighted by atomic mass is 9.98. The van der Waals surface area contributed by atoms with Gasteiger partial charge in [0.2, 0.25) is 0 Å². The molecule has 2 nitrogen and oxygen atoms in total. The summed E-state index contributed by atoms with van der Waals surface area (Å²) in [6.07, 6.45) is 0.587. The number of halogens is 2. The molecule has 0 aliphatic heterocycles. The minimum atomic E-state index is -0.532. The summed E-state index contributed by atoms with van der Waals surface area (Å²) < 4.78 is 33.2. The van der Waals surface area contributed by atoms with Crippen LogP contribution in [-0.2, 0) is 4.74 Å². The molecule has 0 aliphatic carbocycles. The molecule has 0 aliphatic rings. The first-order chi connectivity index (χ1) is 8.52. The van der Waals surface area contributed by atoms with E-state index in [4.69, 9.17) is 4.74 Å². The minimum absolute atomic E-state index is 0.0674. The van der Waals surface area contributed by atoms with E-state index in [2.05, 4.69) is 5.32 Å². The van der Waals surface area contributed by atoms with Crippen LogP contribution in [0.4, 0.5) is 8.78 Å². The molecule has 0 saturated carbocycles. The lowest BCUT2D eigenvalue weighted by molar-refractivity contribution is 0.0804. The Hall–Kier alpha value is -1.00. The van der Waals surface area contributed by atoms with Crippen LogP contribution in [0.1, 0.15) is 37.4 Å². The van der Waals surface area contributed by atoms with E-state index in [9.17, 15) is 8.78 Å². The molecule has 0 bridgehead atoms. The molecule has 0 saturated heterocycles. The van der Waals surface area contributed by atoms with E-state index >= 15 is 0 Å². The molecule has 2 unspecified atom stereocenters. The van der Waals surface area contributed by atoms with Crippen molar-refractivity contribution in [3.8, 4) is 0 Å². The summed E-state index contributed by atoms with van der Waals surface area (Å²) in [4.78, 5) is 0. The molecule has 0 radical (unpaired) electrons. The van der Waals surface area contributed by atoms with Crippen molar-refractivity contribution in [2.45, 2.75) is 39.3 Å². The van der Waals surface area contributed by atoms with E-state index in [0.717, 1.165) is 6.42 Å². The zero-order valence-electron chi connectivity index (χ0n) is 11.4. The minimum Gasteiger partial charge on any atom is -0.380 e. The van der Waals surface area contributed by atoms with Crippen molar-refractivity contribution in [3.05, 3.63) is 34.9 Å². The highest BCUT2D eigenvalue weighted by molar-refractivity contribution is 5.30. The van der Waals surface area contributed by atoms with E-state index in [0.29, 0.717) is 12.1 Å². The van der Waals surface area contributed by atoms with Crippen LogP contribution in [0.3, 0.4) is 0 Å². The molecular weight excluding hydrogens is 236 g/mol. The number of hydrogen-bond acceptors (Lipinski definition) is 2. The van der Waals surface area contributed by atoms with Crippen molar-refractivity contribution >= 4 is 0 Å². The largest absolute Gasteiger partial charge is 0.380 e. The van der Waals surface area contributed by atoms with Crippen LogP contribution in [0.25, 0.3) is 0 Å². The highest BCUT2D eigenvalue weighted by Crippen LogP contribution is 2.26. The fraction of sp³-hybridized carbons (Fsp3) is 0.571. The van der Waals surface area contributed by atoms with Crippen molar-refractivity contribution in [2.75, 3.05) is 13.7 Å². The Balaban J connectivity index is 3.15. The normalized spacial score (nSPS) is 14.6. The molecule has 1 N–H and O–H groups in total. The SMILES string of the molecule is CCCNC(c1c(F)ccc(C)c1F)C(C)OC. The van der Waals surface area contributed by atoms with Gasteiger partial charge in [-0.1, -0.05) is 13.0 Å². The van der Waals surface area contributed by atoms with Gasteiger partial charge >= 0.3 is 0 Å². The molecule has 2 atom stereocenters. The molecule has 18 heavy (non-hydrogen) atoms. The van der Waals surface area contributed by atoms with Gasteiger partial charge in [-0.05, 0) is 38.4 Å². The quantitative estimate of drug-likeness (QED) is 0.844. The standard InChI is InChI=1S/C14H21F2NO/c1-5-8-17-14(10(3)18-4)12-11(15)7-6-9(2)13(12)16/h6-7,10,14,17H,5,8H2,1-4H3. The van der Waals surface area contributed by atoms with Gasteiger partial charge in [-0.2, -0.15) is 0 Å². The van der Waals surface area contributed by atoms with Crippen LogP contribution < -0.4 is 5.32 Å². The fourth-order valence-corrected chi connectivity index (χ4v) is 1.90. The van der Waals surface area contributed by atoms with Gasteiger partial charge in [-0.3, -0.25) is 0 Å². The summed E-state index contributed by atoms with van der Waals surface area (Å²) >= 11 is 0. The predicted octanol–water partition coefficient (Wildman–Crippen LogP) is 3.35. The number of aryl methyl sites for hydroxylation is 1. The van der Waals surface area contributed by atoms with Crippen molar-refractivity contribution in [1.29, 1.82) is 0 Å². The summed E-state index contributed by atoms with van der Waals surface area (Å²) in [5.74, 6) is -1.02. The smallest absolute Gasteiger partial charge is 0.133 e. The van der Waals surface area contributed by atoms with E-state index in [1.54, 1.807) is 13.8 Å². The van der Waals surface area contributed by atoms with Gasteiger partial charge in [-0.25, -0.2) is 8.78 Å². The zero-order valence-corrected chi connectivity index (χ0v) is 11.4. The molecular formula is C14H21F2NO. The van der Waals surface area contributed by atoms with Crippen LogP contribution in [0.2, 0.25) is 0 Å². The number of benzene rings is 1. The Morgan fingerprint density at radius 2 is 2.00 bits per heavy atom. The van der Waals surface area contributed by atoms with E-state index in [1.807, 2.05) is 6.92 Å². The topological polar surface area (TPSA) is 21.3 Å². The van der Waals surface area contributed by atoms with E-state index in [1.165, 1.54) is 19.2 Å². The molecule has 102 valence electrons. The monoisotopic (exact) mass is 257 g/mol. The van der Waals surface area contributed by atoms with Crippen LogP contribution in [-0.4, -0.2) is 19.8 Å². The second-order valence-electron chi connectivity index (χ2n) is 4.46. The molecule has 0 heterocycles. The lowest BCUT2D eigenvalue weighted by Gasteiger charge is -2.25. The van der Waals surface area contributed by atoms with Gasteiger partial charge in [0.15, 0.2) is 0 Å². The Bertz CT molecular complexity index is 396. The Labute approximate surface area is 107 Å². The predicted molar refractivity (Wildman–Crippen MR) is 68.6 cm³/mol. The van der Waals surface area contributed by atoms with Gasteiger partial charge in [0.25, 0.3) is 0 Å². The molecule has 0 amide bonds. The second kappa shape index (κ2) is 6.81. The van der Waals surface area contributed by atoms with Gasteiger partial charge < -0.3 is 10.1 Å². The summed E-state index contributed by atoms with van der Waals surface area (Å²) in [5.41, 5.74) is 0.510. The van der Waals surface area contributed by atoms with Crippen molar-refractivity contribution in [3.63, 3.8) is 0 Å². The first-order valence-corrected chi connectivity index (χ1v) is 6.23. The van der Waals surface area contributed by atoms with Gasteiger partial charge in [0, 0.05) is 12.7 Å². The summed E-state index contributed by atoms with van der Waals surface area (Å²) in [6, 6.07) is 2.27. The molecule has 0 fully saturated rings. The first kappa shape index (κ1) is 15.1. The van der Waals surface area contributed by atoms with E-state index < -0.39 is 17.7 Å². The average Bonchev–Trinajstić information content (AvgIpc) is 2.37. The molecule has 0 spiro atoms. The number of rotatable bonds is 6. The van der Waals surface area contributed by atoms with Crippen molar-refractivity contribution in [2.24, 2.45) is 0 Å². The molecule has 1 aromatic rings. The summed E-state index contributed by atoms with van der Waals surface area (Å²) in [7, 11) is 1.54. The molecule has 4 heteroatoms. The first-order valence-electron chi connectivity index (χ1n) is 6.23. The third kappa shape index (κ3) is 3.27. The highest BCUT2D eigenvalue weighted by Gasteiger charge is 2.25. The second-order valence-corrected chi connectivity index (χ2v) is 4.46. The van der Waals surface area contributed by atoms with Crippen molar-refractivity contribution in [1.82, 2.24) is 5.32 Å². The number of hydrogen-bond donors (Lipinski definition) is 1. The third-order valence-electron chi connectivity index (χ3n) is 3.09. The number of methoxy groups -OCH3 is 1. The Morgan fingerprint density at radius 3 is 2.56 bits per heavy atom. The lowest BCUT2D eigenvalue weighted by Crippen LogP contribution is -2.33. The summed E-state index contributed by atoms with van der Waals surface area (Å²) in [6.45, 7) is 6.12. The van der Waals surface area contributed by atoms with Gasteiger partial charge in [-0.15, -0.1) is 0 Å². The Kier molecular flexibility index (Phi) is 5.69. The molecule has 1 aromatic carbocycles. The van der Waals surface area contributed by atoms with Gasteiger partial charge in [0.1, 0.15) is 11.6 Å². The average molecular weight is 257 g/mol. The highest BCUT2D eigenvalue weighted by atomic mass is 19.1. The number of ether oxygens (including phenoxy) is 1. The Morgan fingerprint density at radius 1 is 1.33 bits per heavy atom. The number of nitrogens with one attached hydrogen (secondary N) is 1. The van der Waals surface area contributed by atoms with Crippen LogP contribution in [0.15, 0.2) is 12.1 Å². The maximum absolute atomic E-state index is 14.1. The van der Waals surface area contributed by atoms with Crippen LogP contribution in [0.5, 0.6) is 0 Å².